The third-order valence-corrected chi connectivity index (χ3v) is 3.31. The fourth-order valence-electron chi connectivity index (χ4n) is 1.46. The van der Waals surface area contributed by atoms with Crippen LogP contribution >= 0.6 is 15.9 Å². The van der Waals surface area contributed by atoms with E-state index in [1.54, 1.807) is 0 Å². The van der Waals surface area contributed by atoms with Gasteiger partial charge in [0, 0.05) is 16.7 Å². The number of nitrogens with zero attached hydrogens (tertiary/aromatic N) is 1. The summed E-state index contributed by atoms with van der Waals surface area (Å²) >= 11 is 3.40. The van der Waals surface area contributed by atoms with Gasteiger partial charge in [-0.25, -0.2) is 0 Å². The Balaban J connectivity index is 2.07. The maximum absolute atomic E-state index is 8.83. The van der Waals surface area contributed by atoms with Gasteiger partial charge in [0.2, 0.25) is 0 Å². The fraction of sp³-hybridized carbons (Fsp3) is 0.417. The Bertz CT molecular complexity index is 416. The first-order chi connectivity index (χ1) is 7.11. The number of anilines is 1. The Hall–Kier alpha value is -1.01. The van der Waals surface area contributed by atoms with Gasteiger partial charge in [0.1, 0.15) is 0 Å². The lowest BCUT2D eigenvalue weighted by atomic mass is 10.1. The third-order valence-electron chi connectivity index (χ3n) is 2.85. The molecule has 1 N–H and O–H groups in total. The predicted molar refractivity (Wildman–Crippen MR) is 64.7 cm³/mol. The van der Waals surface area contributed by atoms with Gasteiger partial charge in [0.05, 0.1) is 11.6 Å². The molecule has 2 rings (SSSR count). The molecule has 0 radical (unpaired) electrons. The van der Waals surface area contributed by atoms with Crippen LogP contribution in [0.1, 0.15) is 25.3 Å². The summed E-state index contributed by atoms with van der Waals surface area (Å²) in [5, 5.41) is 12.2. The van der Waals surface area contributed by atoms with E-state index in [2.05, 4.69) is 34.2 Å². The van der Waals surface area contributed by atoms with Crippen molar-refractivity contribution in [2.24, 2.45) is 5.41 Å². The lowest BCUT2D eigenvalue weighted by Crippen LogP contribution is -2.11. The second-order valence-corrected chi connectivity index (χ2v) is 5.42. The number of nitriles is 1. The standard InChI is InChI=1S/C12H13BrN2/c1-12(2-3-12)8-15-11-5-9(7-14)4-10(13)6-11/h4-6,15H,2-3,8H2,1H3. The Labute approximate surface area is 98.4 Å². The fourth-order valence-corrected chi connectivity index (χ4v) is 1.96. The molecule has 0 heterocycles. The van der Waals surface area contributed by atoms with E-state index in [1.165, 1.54) is 12.8 Å². The minimum atomic E-state index is 0.481. The molecule has 1 fully saturated rings. The molecule has 1 saturated carbocycles. The van der Waals surface area contributed by atoms with Crippen molar-refractivity contribution in [2.45, 2.75) is 19.8 Å². The van der Waals surface area contributed by atoms with Crippen LogP contribution in [0.15, 0.2) is 22.7 Å². The smallest absolute Gasteiger partial charge is 0.0992 e. The second-order valence-electron chi connectivity index (χ2n) is 4.50. The van der Waals surface area contributed by atoms with E-state index in [9.17, 15) is 0 Å². The SMILES string of the molecule is CC1(CNc2cc(Br)cc(C#N)c2)CC1. The van der Waals surface area contributed by atoms with Crippen LogP contribution in [-0.4, -0.2) is 6.54 Å². The van der Waals surface area contributed by atoms with Crippen molar-refractivity contribution >= 4 is 21.6 Å². The predicted octanol–water partition coefficient (Wildman–Crippen LogP) is 3.53. The summed E-state index contributed by atoms with van der Waals surface area (Å²) < 4.78 is 0.949. The number of hydrogen-bond donors (Lipinski definition) is 1. The molecule has 78 valence electrons. The maximum Gasteiger partial charge on any atom is 0.0992 e. The van der Waals surface area contributed by atoms with E-state index in [-0.39, 0.29) is 0 Å². The third kappa shape index (κ3) is 2.73. The summed E-state index contributed by atoms with van der Waals surface area (Å²) in [6.07, 6.45) is 2.61. The highest BCUT2D eigenvalue weighted by Crippen LogP contribution is 2.44. The van der Waals surface area contributed by atoms with Gasteiger partial charge in [-0.15, -0.1) is 0 Å². The summed E-state index contributed by atoms with van der Waals surface area (Å²) in [7, 11) is 0. The molecular formula is C12H13BrN2. The zero-order valence-corrected chi connectivity index (χ0v) is 10.3. The summed E-state index contributed by atoms with van der Waals surface area (Å²) in [5.41, 5.74) is 2.19. The normalized spacial score (nSPS) is 16.9. The van der Waals surface area contributed by atoms with Crippen LogP contribution in [0.4, 0.5) is 5.69 Å². The lowest BCUT2D eigenvalue weighted by Gasteiger charge is -2.11. The molecule has 1 aliphatic carbocycles. The zero-order chi connectivity index (χ0) is 10.9. The van der Waals surface area contributed by atoms with Crippen molar-refractivity contribution in [1.29, 1.82) is 5.26 Å². The minimum absolute atomic E-state index is 0.481. The Kier molecular flexibility index (Phi) is 2.70. The summed E-state index contributed by atoms with van der Waals surface area (Å²) in [6.45, 7) is 3.28. The summed E-state index contributed by atoms with van der Waals surface area (Å²) in [4.78, 5) is 0. The van der Waals surface area contributed by atoms with Crippen molar-refractivity contribution in [1.82, 2.24) is 0 Å². The van der Waals surface area contributed by atoms with Crippen molar-refractivity contribution in [3.05, 3.63) is 28.2 Å². The molecule has 3 heteroatoms. The first-order valence-electron chi connectivity index (χ1n) is 5.06. The molecule has 1 aliphatic rings. The highest BCUT2D eigenvalue weighted by Gasteiger charge is 2.36. The van der Waals surface area contributed by atoms with Gasteiger partial charge in [0.15, 0.2) is 0 Å². The second kappa shape index (κ2) is 3.86. The topological polar surface area (TPSA) is 35.8 Å². The minimum Gasteiger partial charge on any atom is -0.384 e. The quantitative estimate of drug-likeness (QED) is 0.907. The zero-order valence-electron chi connectivity index (χ0n) is 8.68. The highest BCUT2D eigenvalue weighted by atomic mass is 79.9. The average Bonchev–Trinajstić information content (AvgIpc) is 2.94. The van der Waals surface area contributed by atoms with Crippen LogP contribution in [0.3, 0.4) is 0 Å². The van der Waals surface area contributed by atoms with Gasteiger partial charge < -0.3 is 5.32 Å². The van der Waals surface area contributed by atoms with E-state index in [4.69, 9.17) is 5.26 Å². The first kappa shape index (κ1) is 10.5. The van der Waals surface area contributed by atoms with Gasteiger partial charge in [-0.1, -0.05) is 22.9 Å². The van der Waals surface area contributed by atoms with Crippen molar-refractivity contribution in [3.8, 4) is 6.07 Å². The van der Waals surface area contributed by atoms with E-state index >= 15 is 0 Å². The molecule has 0 spiro atoms. The van der Waals surface area contributed by atoms with Crippen LogP contribution in [-0.2, 0) is 0 Å². The van der Waals surface area contributed by atoms with E-state index in [0.717, 1.165) is 16.7 Å². The maximum atomic E-state index is 8.83. The molecule has 0 aromatic heterocycles. The van der Waals surface area contributed by atoms with Gasteiger partial charge in [-0.3, -0.25) is 0 Å². The van der Waals surface area contributed by atoms with Crippen LogP contribution in [0, 0.1) is 16.7 Å². The van der Waals surface area contributed by atoms with Crippen molar-refractivity contribution in [2.75, 3.05) is 11.9 Å². The molecule has 0 unspecified atom stereocenters. The highest BCUT2D eigenvalue weighted by molar-refractivity contribution is 9.10. The Morgan fingerprint density at radius 3 is 2.80 bits per heavy atom. The van der Waals surface area contributed by atoms with Crippen LogP contribution in [0.25, 0.3) is 0 Å². The molecular weight excluding hydrogens is 252 g/mol. The monoisotopic (exact) mass is 264 g/mol. The van der Waals surface area contributed by atoms with Gasteiger partial charge in [-0.05, 0) is 36.5 Å². The van der Waals surface area contributed by atoms with Gasteiger partial charge >= 0.3 is 0 Å². The van der Waals surface area contributed by atoms with E-state index in [1.807, 2.05) is 18.2 Å². The van der Waals surface area contributed by atoms with Crippen molar-refractivity contribution < 1.29 is 0 Å². The molecule has 15 heavy (non-hydrogen) atoms. The summed E-state index contributed by atoms with van der Waals surface area (Å²) in [5.74, 6) is 0. The van der Waals surface area contributed by atoms with E-state index < -0.39 is 0 Å². The number of rotatable bonds is 3. The average molecular weight is 265 g/mol. The molecule has 0 aliphatic heterocycles. The number of nitrogens with one attached hydrogen (secondary N) is 1. The summed E-state index contributed by atoms with van der Waals surface area (Å²) in [6, 6.07) is 7.87. The molecule has 0 saturated heterocycles. The largest absolute Gasteiger partial charge is 0.384 e. The Morgan fingerprint density at radius 1 is 1.47 bits per heavy atom. The number of halogens is 1. The van der Waals surface area contributed by atoms with Crippen LogP contribution < -0.4 is 5.32 Å². The lowest BCUT2D eigenvalue weighted by molar-refractivity contribution is 0.611. The van der Waals surface area contributed by atoms with Gasteiger partial charge in [0.25, 0.3) is 0 Å². The number of benzene rings is 1. The van der Waals surface area contributed by atoms with Crippen LogP contribution in [0.5, 0.6) is 0 Å². The molecule has 0 atom stereocenters. The van der Waals surface area contributed by atoms with Gasteiger partial charge in [-0.2, -0.15) is 5.26 Å². The molecule has 1 aromatic carbocycles. The molecule has 2 nitrogen and oxygen atoms in total. The molecule has 0 bridgehead atoms. The van der Waals surface area contributed by atoms with Crippen LogP contribution in [0.2, 0.25) is 0 Å². The Morgan fingerprint density at radius 2 is 2.20 bits per heavy atom. The molecule has 0 amide bonds. The molecule has 1 aromatic rings. The van der Waals surface area contributed by atoms with E-state index in [0.29, 0.717) is 11.0 Å². The number of hydrogen-bond acceptors (Lipinski definition) is 2. The first-order valence-corrected chi connectivity index (χ1v) is 5.85. The van der Waals surface area contributed by atoms with Crippen molar-refractivity contribution in [3.63, 3.8) is 0 Å².